The fourth-order valence-corrected chi connectivity index (χ4v) is 6.29. The molecule has 2 aromatic heterocycles. The van der Waals surface area contributed by atoms with Crippen LogP contribution in [-0.4, -0.2) is 53.4 Å². The Kier molecular flexibility index (Phi) is 6.05. The first-order valence-corrected chi connectivity index (χ1v) is 12.3. The van der Waals surface area contributed by atoms with Crippen molar-refractivity contribution in [1.29, 1.82) is 0 Å². The van der Waals surface area contributed by atoms with E-state index in [1.54, 1.807) is 29.3 Å². The highest BCUT2D eigenvalue weighted by Crippen LogP contribution is 2.36. The van der Waals surface area contributed by atoms with E-state index in [-0.39, 0.29) is 11.7 Å². The summed E-state index contributed by atoms with van der Waals surface area (Å²) in [5.41, 5.74) is 2.63. The molecule has 0 N–H and O–H groups in total. The van der Waals surface area contributed by atoms with E-state index in [9.17, 15) is 4.79 Å². The first-order valence-electron chi connectivity index (χ1n) is 11.5. The molecule has 3 atom stereocenters. The summed E-state index contributed by atoms with van der Waals surface area (Å²) in [7, 11) is 3.96. The third kappa shape index (κ3) is 4.09. The Morgan fingerprint density at radius 2 is 1.97 bits per heavy atom. The van der Waals surface area contributed by atoms with Gasteiger partial charge in [-0.2, -0.15) is 0 Å². The van der Waals surface area contributed by atoms with Crippen LogP contribution in [0, 0.1) is 6.92 Å². The van der Waals surface area contributed by atoms with Crippen molar-refractivity contribution in [1.82, 2.24) is 14.5 Å². The van der Waals surface area contributed by atoms with Crippen LogP contribution in [0.25, 0.3) is 15.9 Å². The molecule has 0 aliphatic carbocycles. The predicted octanol–water partition coefficient (Wildman–Crippen LogP) is 4.34. The van der Waals surface area contributed by atoms with Crippen molar-refractivity contribution in [2.24, 2.45) is 0 Å². The lowest BCUT2D eigenvalue weighted by Crippen LogP contribution is -2.43. The van der Waals surface area contributed by atoms with Gasteiger partial charge in [-0.1, -0.05) is 0 Å². The average molecular weight is 454 g/mol. The molecule has 32 heavy (non-hydrogen) atoms. The maximum atomic E-state index is 13.2. The number of methoxy groups -OCH3 is 1. The highest BCUT2D eigenvalue weighted by Gasteiger charge is 2.39. The number of fused-ring (bicyclic) bond motifs is 3. The second-order valence-electron chi connectivity index (χ2n) is 9.15. The van der Waals surface area contributed by atoms with Crippen LogP contribution in [0.2, 0.25) is 0 Å². The fourth-order valence-electron chi connectivity index (χ4n) is 5.21. The normalized spacial score (nSPS) is 23.2. The first-order chi connectivity index (χ1) is 15.5. The molecule has 3 aromatic rings. The van der Waals surface area contributed by atoms with Gasteiger partial charge in [-0.05, 0) is 82.3 Å². The Hall–Kier alpha value is -2.22. The Bertz CT molecular complexity index is 1160. The van der Waals surface area contributed by atoms with Crippen LogP contribution in [0.3, 0.4) is 0 Å². The minimum Gasteiger partial charge on any atom is -0.490 e. The maximum absolute atomic E-state index is 13.2. The molecule has 5 rings (SSSR count). The van der Waals surface area contributed by atoms with Crippen molar-refractivity contribution in [2.75, 3.05) is 20.8 Å². The van der Waals surface area contributed by atoms with Gasteiger partial charge in [0.05, 0.1) is 11.2 Å². The molecule has 0 spiro atoms. The quantitative estimate of drug-likeness (QED) is 0.498. The fraction of sp³-hybridized carbons (Fsp3) is 0.520. The molecule has 0 saturated carbocycles. The largest absolute Gasteiger partial charge is 0.490 e. The summed E-state index contributed by atoms with van der Waals surface area (Å²) in [5.74, 6) is 0.918. The van der Waals surface area contributed by atoms with Crippen LogP contribution in [0.15, 0.2) is 35.4 Å². The van der Waals surface area contributed by atoms with Gasteiger partial charge in [-0.25, -0.2) is 4.98 Å². The lowest BCUT2D eigenvalue weighted by atomic mass is 10.0. The Morgan fingerprint density at radius 1 is 1.19 bits per heavy atom. The van der Waals surface area contributed by atoms with Crippen molar-refractivity contribution < 1.29 is 9.47 Å². The zero-order valence-electron chi connectivity index (χ0n) is 19.0. The topological polar surface area (TPSA) is 56.6 Å². The molecule has 2 fully saturated rings. The third-order valence-corrected chi connectivity index (χ3v) is 8.22. The summed E-state index contributed by atoms with van der Waals surface area (Å²) in [5, 5.41) is 0. The minimum atomic E-state index is -0.0158. The van der Waals surface area contributed by atoms with Crippen LogP contribution in [0.1, 0.15) is 42.5 Å². The van der Waals surface area contributed by atoms with E-state index in [0.717, 1.165) is 54.8 Å². The number of rotatable bonds is 7. The van der Waals surface area contributed by atoms with Gasteiger partial charge >= 0.3 is 0 Å². The van der Waals surface area contributed by atoms with Gasteiger partial charge in [-0.15, -0.1) is 11.3 Å². The van der Waals surface area contributed by atoms with E-state index in [2.05, 4.69) is 23.9 Å². The van der Waals surface area contributed by atoms with Gasteiger partial charge in [0.15, 0.2) is 0 Å². The van der Waals surface area contributed by atoms with E-state index in [0.29, 0.717) is 16.8 Å². The van der Waals surface area contributed by atoms with Crippen LogP contribution in [0.4, 0.5) is 0 Å². The van der Waals surface area contributed by atoms with Gasteiger partial charge in [0.25, 0.3) is 5.56 Å². The monoisotopic (exact) mass is 453 g/mol. The minimum absolute atomic E-state index is 0.0158. The van der Waals surface area contributed by atoms with Crippen molar-refractivity contribution >= 4 is 21.6 Å². The van der Waals surface area contributed by atoms with Crippen LogP contribution >= 0.6 is 11.3 Å². The molecule has 0 radical (unpaired) electrons. The second kappa shape index (κ2) is 8.96. The summed E-state index contributed by atoms with van der Waals surface area (Å²) in [6, 6.07) is 9.33. The molecule has 2 aliphatic rings. The maximum Gasteiger partial charge on any atom is 0.275 e. The molecule has 7 heteroatoms. The lowest BCUT2D eigenvalue weighted by molar-refractivity contribution is 0.0657. The van der Waals surface area contributed by atoms with Gasteiger partial charge in [0, 0.05) is 30.7 Å². The number of hydrogen-bond acceptors (Lipinski definition) is 6. The standard InChI is InChI=1S/C25H31N3O3S/c1-16-11-19(8-9-23(16)31-20-12-17-6-7-18(13-20)27(17)2)28-15-26-22-14-21(5-4-10-30-3)32-24(22)25(28)29/h8-9,11,14-15,17-18,20H,4-7,10,12-13H2,1-3H3/t17-,18+,20?. The number of nitrogens with zero attached hydrogens (tertiary/aromatic N) is 3. The number of benzene rings is 1. The van der Waals surface area contributed by atoms with E-state index in [1.807, 2.05) is 24.3 Å². The van der Waals surface area contributed by atoms with Gasteiger partial charge in [0.2, 0.25) is 0 Å². The number of piperidine rings is 1. The molecule has 6 nitrogen and oxygen atoms in total. The van der Waals surface area contributed by atoms with Gasteiger partial charge < -0.3 is 14.4 Å². The summed E-state index contributed by atoms with van der Waals surface area (Å²) in [4.78, 5) is 21.4. The third-order valence-electron chi connectivity index (χ3n) is 7.05. The lowest BCUT2D eigenvalue weighted by Gasteiger charge is -2.36. The Morgan fingerprint density at radius 3 is 2.69 bits per heavy atom. The van der Waals surface area contributed by atoms with Crippen molar-refractivity contribution in [3.63, 3.8) is 0 Å². The number of aromatic nitrogens is 2. The summed E-state index contributed by atoms with van der Waals surface area (Å²) >= 11 is 1.54. The summed E-state index contributed by atoms with van der Waals surface area (Å²) in [6.07, 6.45) is 8.52. The Balaban J connectivity index is 1.35. The second-order valence-corrected chi connectivity index (χ2v) is 10.3. The molecular weight excluding hydrogens is 422 g/mol. The number of aryl methyl sites for hydroxylation is 2. The highest BCUT2D eigenvalue weighted by molar-refractivity contribution is 7.18. The first kappa shape index (κ1) is 21.6. The van der Waals surface area contributed by atoms with Crippen molar-refractivity contribution in [3.8, 4) is 11.4 Å². The van der Waals surface area contributed by atoms with Crippen LogP contribution < -0.4 is 10.3 Å². The number of hydrogen-bond donors (Lipinski definition) is 0. The molecule has 170 valence electrons. The van der Waals surface area contributed by atoms with Gasteiger partial charge in [-0.3, -0.25) is 9.36 Å². The Labute approximate surface area is 192 Å². The van der Waals surface area contributed by atoms with E-state index < -0.39 is 0 Å². The van der Waals surface area contributed by atoms with E-state index in [1.165, 1.54) is 17.7 Å². The van der Waals surface area contributed by atoms with Crippen LogP contribution in [0.5, 0.6) is 5.75 Å². The van der Waals surface area contributed by atoms with Crippen LogP contribution in [-0.2, 0) is 11.2 Å². The van der Waals surface area contributed by atoms with Crippen molar-refractivity contribution in [3.05, 3.63) is 51.4 Å². The molecular formula is C25H31N3O3S. The SMILES string of the molecule is COCCCc1cc2ncn(-c3ccc(OC4C[C@H]5CC[C@@H](C4)N5C)c(C)c3)c(=O)c2s1. The molecule has 2 bridgehead atoms. The number of thiophene rings is 1. The summed E-state index contributed by atoms with van der Waals surface area (Å²) < 4.78 is 13.9. The van der Waals surface area contributed by atoms with E-state index >= 15 is 0 Å². The molecule has 2 saturated heterocycles. The van der Waals surface area contributed by atoms with Gasteiger partial charge in [0.1, 0.15) is 22.9 Å². The molecule has 2 aliphatic heterocycles. The molecule has 0 amide bonds. The predicted molar refractivity (Wildman–Crippen MR) is 128 cm³/mol. The zero-order valence-corrected chi connectivity index (χ0v) is 19.9. The smallest absolute Gasteiger partial charge is 0.275 e. The number of ether oxygens (including phenoxy) is 2. The highest BCUT2D eigenvalue weighted by atomic mass is 32.1. The molecule has 4 heterocycles. The van der Waals surface area contributed by atoms with Crippen molar-refractivity contribution in [2.45, 2.75) is 63.6 Å². The van der Waals surface area contributed by atoms with E-state index in [4.69, 9.17) is 9.47 Å². The summed E-state index contributed by atoms with van der Waals surface area (Å²) in [6.45, 7) is 2.77. The molecule has 1 unspecified atom stereocenters. The average Bonchev–Trinajstić information content (AvgIpc) is 3.27. The zero-order chi connectivity index (χ0) is 22.2. The molecule has 1 aromatic carbocycles.